The van der Waals surface area contributed by atoms with Gasteiger partial charge in [-0.2, -0.15) is 0 Å². The Labute approximate surface area is 155 Å². The van der Waals surface area contributed by atoms with Crippen molar-refractivity contribution in [2.24, 2.45) is 0 Å². The first-order chi connectivity index (χ1) is 11.9. The van der Waals surface area contributed by atoms with Gasteiger partial charge in [0, 0.05) is 12.1 Å². The molecule has 0 radical (unpaired) electrons. The molecule has 0 aliphatic carbocycles. The Balaban J connectivity index is 1.93. The number of piperidine rings is 1. The third-order valence-electron chi connectivity index (χ3n) is 4.21. The first kappa shape index (κ1) is 20.0. The maximum Gasteiger partial charge on any atom is 0.230 e. The molecule has 2 N–H and O–H groups in total. The van der Waals surface area contributed by atoms with Crippen LogP contribution in [0.5, 0.6) is 0 Å². The summed E-state index contributed by atoms with van der Waals surface area (Å²) in [6.45, 7) is 14.1. The molecular formula is C18H32N5OS+. The van der Waals surface area contributed by atoms with Crippen molar-refractivity contribution >= 4 is 17.7 Å². The number of hydrogen-bond acceptors (Lipinski definition) is 4. The van der Waals surface area contributed by atoms with Gasteiger partial charge in [0.05, 0.1) is 31.8 Å². The van der Waals surface area contributed by atoms with E-state index in [0.29, 0.717) is 12.3 Å². The zero-order valence-corrected chi connectivity index (χ0v) is 16.6. The van der Waals surface area contributed by atoms with Crippen molar-refractivity contribution in [3.63, 3.8) is 0 Å². The smallest absolute Gasteiger partial charge is 0.230 e. The average molecular weight is 367 g/mol. The first-order valence-corrected chi connectivity index (χ1v) is 10.2. The Morgan fingerprint density at radius 1 is 1.32 bits per heavy atom. The van der Waals surface area contributed by atoms with Crippen molar-refractivity contribution in [2.45, 2.75) is 63.7 Å². The van der Waals surface area contributed by atoms with E-state index in [2.05, 4.69) is 26.7 Å². The summed E-state index contributed by atoms with van der Waals surface area (Å²) in [7, 11) is 0. The van der Waals surface area contributed by atoms with Gasteiger partial charge in [-0.1, -0.05) is 17.8 Å². The van der Waals surface area contributed by atoms with Crippen LogP contribution in [0.3, 0.4) is 0 Å². The Morgan fingerprint density at radius 3 is 2.68 bits per heavy atom. The molecule has 0 saturated carbocycles. The molecule has 1 aromatic heterocycles. The highest BCUT2D eigenvalue weighted by Crippen LogP contribution is 2.17. The zero-order valence-electron chi connectivity index (χ0n) is 15.8. The van der Waals surface area contributed by atoms with Gasteiger partial charge in [-0.05, 0) is 40.0 Å². The van der Waals surface area contributed by atoms with Crippen molar-refractivity contribution in [3.05, 3.63) is 18.5 Å². The lowest BCUT2D eigenvalue weighted by Crippen LogP contribution is -3.13. The maximum atomic E-state index is 12.0. The Bertz CT molecular complexity index is 573. The number of likely N-dealkylation sites (tertiary alicyclic amines) is 1. The van der Waals surface area contributed by atoms with Crippen LogP contribution in [0.15, 0.2) is 17.8 Å². The first-order valence-electron chi connectivity index (χ1n) is 9.19. The van der Waals surface area contributed by atoms with Crippen molar-refractivity contribution < 1.29 is 9.69 Å². The standard InChI is InChI=1S/C18H31N5OS/c1-5-10-23-15(9-13-22-11-7-6-8-12-22)20-21-17(23)25-14-16(24)19-18(2,3)4/h5H,1,6-14H2,2-4H3,(H,19,24)/p+1. The van der Waals surface area contributed by atoms with E-state index in [-0.39, 0.29) is 11.4 Å². The average Bonchev–Trinajstić information content (AvgIpc) is 2.93. The molecule has 25 heavy (non-hydrogen) atoms. The summed E-state index contributed by atoms with van der Waals surface area (Å²) in [5.74, 6) is 1.37. The fourth-order valence-corrected chi connectivity index (χ4v) is 3.86. The predicted molar refractivity (Wildman–Crippen MR) is 102 cm³/mol. The van der Waals surface area contributed by atoms with E-state index in [0.717, 1.165) is 23.9 Å². The Kier molecular flexibility index (Phi) is 7.50. The largest absolute Gasteiger partial charge is 0.351 e. The van der Waals surface area contributed by atoms with Crippen LogP contribution >= 0.6 is 11.8 Å². The molecule has 140 valence electrons. The highest BCUT2D eigenvalue weighted by Gasteiger charge is 2.19. The molecule has 1 amide bonds. The molecule has 1 aliphatic heterocycles. The maximum absolute atomic E-state index is 12.0. The lowest BCUT2D eigenvalue weighted by Gasteiger charge is -2.23. The number of carbonyl (C=O) groups excluding carboxylic acids is 1. The fourth-order valence-electron chi connectivity index (χ4n) is 3.10. The van der Waals surface area contributed by atoms with E-state index < -0.39 is 0 Å². The number of hydrogen-bond donors (Lipinski definition) is 2. The van der Waals surface area contributed by atoms with Crippen LogP contribution in [-0.4, -0.2) is 51.6 Å². The van der Waals surface area contributed by atoms with Crippen molar-refractivity contribution in [1.29, 1.82) is 0 Å². The number of thioether (sulfide) groups is 1. The topological polar surface area (TPSA) is 64.2 Å². The summed E-state index contributed by atoms with van der Waals surface area (Å²) in [4.78, 5) is 13.7. The Morgan fingerprint density at radius 2 is 2.04 bits per heavy atom. The van der Waals surface area contributed by atoms with E-state index in [9.17, 15) is 4.79 Å². The zero-order chi connectivity index (χ0) is 18.3. The van der Waals surface area contributed by atoms with Crippen LogP contribution in [0.4, 0.5) is 0 Å². The van der Waals surface area contributed by atoms with Gasteiger partial charge in [0.15, 0.2) is 5.16 Å². The third-order valence-corrected chi connectivity index (χ3v) is 5.18. The molecule has 0 aromatic carbocycles. The molecule has 1 aromatic rings. The second-order valence-electron chi connectivity index (χ2n) is 7.70. The number of amides is 1. The predicted octanol–water partition coefficient (Wildman–Crippen LogP) is 1.08. The van der Waals surface area contributed by atoms with E-state index >= 15 is 0 Å². The third kappa shape index (κ3) is 6.82. The molecule has 2 heterocycles. The van der Waals surface area contributed by atoms with Gasteiger partial charge >= 0.3 is 0 Å². The number of carbonyl (C=O) groups is 1. The molecule has 0 unspecified atom stereocenters. The summed E-state index contributed by atoms with van der Waals surface area (Å²) in [6, 6.07) is 0. The van der Waals surface area contributed by atoms with Crippen LogP contribution in [0.25, 0.3) is 0 Å². The molecule has 0 atom stereocenters. The van der Waals surface area contributed by atoms with Crippen molar-refractivity contribution in [3.8, 4) is 0 Å². The molecule has 1 fully saturated rings. The van der Waals surface area contributed by atoms with Crippen LogP contribution in [0.1, 0.15) is 45.9 Å². The lowest BCUT2D eigenvalue weighted by atomic mass is 10.1. The molecule has 2 rings (SSSR count). The minimum atomic E-state index is -0.213. The van der Waals surface area contributed by atoms with E-state index in [4.69, 9.17) is 0 Å². The summed E-state index contributed by atoms with van der Waals surface area (Å²) in [5.41, 5.74) is -0.213. The van der Waals surface area contributed by atoms with E-state index in [1.807, 2.05) is 26.8 Å². The monoisotopic (exact) mass is 366 g/mol. The molecule has 7 heteroatoms. The Hall–Kier alpha value is -1.34. The fraction of sp³-hybridized carbons (Fsp3) is 0.722. The van der Waals surface area contributed by atoms with Gasteiger partial charge in [0.1, 0.15) is 5.82 Å². The molecular weight excluding hydrogens is 334 g/mol. The minimum Gasteiger partial charge on any atom is -0.351 e. The summed E-state index contributed by atoms with van der Waals surface area (Å²) in [6.07, 6.45) is 6.82. The highest BCUT2D eigenvalue weighted by atomic mass is 32.2. The van der Waals surface area contributed by atoms with E-state index in [1.54, 1.807) is 4.90 Å². The van der Waals surface area contributed by atoms with Crippen LogP contribution < -0.4 is 10.2 Å². The van der Waals surface area contributed by atoms with Crippen molar-refractivity contribution in [1.82, 2.24) is 20.1 Å². The number of rotatable bonds is 8. The van der Waals surface area contributed by atoms with Crippen LogP contribution in [0.2, 0.25) is 0 Å². The number of allylic oxidation sites excluding steroid dienone is 1. The van der Waals surface area contributed by atoms with Gasteiger partial charge in [0.2, 0.25) is 5.91 Å². The summed E-state index contributed by atoms with van der Waals surface area (Å²) in [5, 5.41) is 12.5. The normalized spacial score (nSPS) is 16.0. The van der Waals surface area contributed by atoms with Crippen LogP contribution in [0, 0.1) is 0 Å². The van der Waals surface area contributed by atoms with Gasteiger partial charge in [-0.3, -0.25) is 4.79 Å². The van der Waals surface area contributed by atoms with Gasteiger partial charge in [0.25, 0.3) is 0 Å². The number of nitrogens with zero attached hydrogens (tertiary/aromatic N) is 3. The van der Waals surface area contributed by atoms with Gasteiger partial charge in [-0.25, -0.2) is 0 Å². The van der Waals surface area contributed by atoms with Crippen LogP contribution in [-0.2, 0) is 17.8 Å². The lowest BCUT2D eigenvalue weighted by molar-refractivity contribution is -0.904. The molecule has 0 spiro atoms. The molecule has 1 saturated heterocycles. The van der Waals surface area contributed by atoms with Crippen molar-refractivity contribution in [2.75, 3.05) is 25.4 Å². The van der Waals surface area contributed by atoms with E-state index in [1.165, 1.54) is 44.1 Å². The second kappa shape index (κ2) is 9.38. The number of nitrogens with one attached hydrogen (secondary N) is 2. The number of aromatic nitrogens is 3. The summed E-state index contributed by atoms with van der Waals surface area (Å²) < 4.78 is 2.09. The van der Waals surface area contributed by atoms with Gasteiger partial charge in [-0.15, -0.1) is 16.8 Å². The molecule has 1 aliphatic rings. The number of quaternary nitrogens is 1. The second-order valence-corrected chi connectivity index (χ2v) is 8.64. The minimum absolute atomic E-state index is 0.0185. The molecule has 6 nitrogen and oxygen atoms in total. The SMILES string of the molecule is C=CCn1c(CC[NH+]2CCCCC2)nnc1SCC(=O)NC(C)(C)C. The van der Waals surface area contributed by atoms with Gasteiger partial charge < -0.3 is 14.8 Å². The molecule has 0 bridgehead atoms. The summed E-state index contributed by atoms with van der Waals surface area (Å²) >= 11 is 1.44. The highest BCUT2D eigenvalue weighted by molar-refractivity contribution is 7.99. The quantitative estimate of drug-likeness (QED) is 0.534.